The molecule has 10 heteroatoms. The van der Waals surface area contributed by atoms with Crippen LogP contribution in [0.25, 0.3) is 10.8 Å². The molecule has 0 atom stereocenters. The van der Waals surface area contributed by atoms with Gasteiger partial charge in [0.05, 0.1) is 20.3 Å². The molecule has 1 aromatic heterocycles. The molecule has 0 spiro atoms. The normalized spacial score (nSPS) is 14.1. The third-order valence-corrected chi connectivity index (χ3v) is 6.78. The Morgan fingerprint density at radius 3 is 2.66 bits per heavy atom. The van der Waals surface area contributed by atoms with E-state index in [1.807, 2.05) is 36.4 Å². The number of benzene rings is 2. The Labute approximate surface area is 208 Å². The van der Waals surface area contributed by atoms with Gasteiger partial charge >= 0.3 is 0 Å². The lowest BCUT2D eigenvalue weighted by molar-refractivity contribution is -0.116. The van der Waals surface area contributed by atoms with Gasteiger partial charge in [-0.1, -0.05) is 29.9 Å². The molecule has 0 radical (unpaired) electrons. The predicted molar refractivity (Wildman–Crippen MR) is 139 cm³/mol. The van der Waals surface area contributed by atoms with Gasteiger partial charge in [-0.15, -0.1) is 0 Å². The lowest BCUT2D eigenvalue weighted by Gasteiger charge is -2.26. The number of ether oxygens (including phenoxy) is 2. The van der Waals surface area contributed by atoms with Crippen molar-refractivity contribution < 1.29 is 19.1 Å². The van der Waals surface area contributed by atoms with Crippen molar-refractivity contribution >= 4 is 49.7 Å². The minimum Gasteiger partial charge on any atom is -0.497 e. The highest BCUT2D eigenvalue weighted by Crippen LogP contribution is 2.32. The summed E-state index contributed by atoms with van der Waals surface area (Å²) < 4.78 is 10.6. The van der Waals surface area contributed by atoms with E-state index in [1.165, 1.54) is 11.3 Å². The van der Waals surface area contributed by atoms with Gasteiger partial charge in [-0.2, -0.15) is 0 Å². The first-order valence-electron chi connectivity index (χ1n) is 11.8. The minimum atomic E-state index is -0.680. The molecule has 1 fully saturated rings. The smallest absolute Gasteiger partial charge is 0.270 e. The van der Waals surface area contributed by atoms with Crippen LogP contribution in [0.5, 0.6) is 5.75 Å². The third kappa shape index (κ3) is 6.91. The van der Waals surface area contributed by atoms with E-state index in [0.717, 1.165) is 74.3 Å². The number of carbonyl (C=O) groups is 2. The number of hydrogen-bond acceptors (Lipinski definition) is 8. The lowest BCUT2D eigenvalue weighted by atomic mass is 10.1. The number of amides is 2. The maximum Gasteiger partial charge on any atom is 0.270 e. The van der Waals surface area contributed by atoms with Gasteiger partial charge in [0.1, 0.15) is 10.8 Å². The molecule has 0 bridgehead atoms. The van der Waals surface area contributed by atoms with Crippen molar-refractivity contribution in [2.24, 2.45) is 5.73 Å². The van der Waals surface area contributed by atoms with Gasteiger partial charge < -0.3 is 25.8 Å². The highest BCUT2D eigenvalue weighted by atomic mass is 32.1. The Bertz CT molecular complexity index is 1180. The molecule has 1 aliphatic rings. The molecule has 0 unspecified atom stereocenters. The molecule has 2 aromatic carbocycles. The van der Waals surface area contributed by atoms with Gasteiger partial charge in [0.25, 0.3) is 5.91 Å². The Morgan fingerprint density at radius 1 is 1.11 bits per heavy atom. The monoisotopic (exact) mass is 497 g/mol. The van der Waals surface area contributed by atoms with E-state index in [4.69, 9.17) is 15.2 Å². The van der Waals surface area contributed by atoms with E-state index in [2.05, 4.69) is 20.5 Å². The topological polar surface area (TPSA) is 119 Å². The number of anilines is 3. The third-order valence-electron chi connectivity index (χ3n) is 5.89. The van der Waals surface area contributed by atoms with E-state index >= 15 is 0 Å². The number of carbonyl (C=O) groups excluding carboxylic acids is 2. The van der Waals surface area contributed by atoms with Crippen LogP contribution in [0.2, 0.25) is 0 Å². The quantitative estimate of drug-likeness (QED) is 0.343. The maximum atomic E-state index is 12.5. The second-order valence-corrected chi connectivity index (χ2v) is 9.43. The van der Waals surface area contributed by atoms with E-state index in [-0.39, 0.29) is 11.6 Å². The van der Waals surface area contributed by atoms with E-state index in [1.54, 1.807) is 7.11 Å². The van der Waals surface area contributed by atoms with Crippen LogP contribution in [0.4, 0.5) is 15.8 Å². The van der Waals surface area contributed by atoms with Gasteiger partial charge in [-0.25, -0.2) is 4.98 Å². The number of methoxy groups -OCH3 is 1. The van der Waals surface area contributed by atoms with Crippen LogP contribution in [0.15, 0.2) is 36.4 Å². The van der Waals surface area contributed by atoms with E-state index in [0.29, 0.717) is 16.6 Å². The summed E-state index contributed by atoms with van der Waals surface area (Å²) in [5, 5.41) is 8.95. The number of morpholine rings is 1. The van der Waals surface area contributed by atoms with Crippen molar-refractivity contribution in [3.63, 3.8) is 0 Å². The highest BCUT2D eigenvalue weighted by molar-refractivity contribution is 7.20. The van der Waals surface area contributed by atoms with Gasteiger partial charge in [0.2, 0.25) is 5.91 Å². The van der Waals surface area contributed by atoms with Crippen molar-refractivity contribution in [1.29, 1.82) is 0 Å². The Hall–Kier alpha value is -3.21. The molecule has 0 saturated carbocycles. The summed E-state index contributed by atoms with van der Waals surface area (Å²) in [6, 6.07) is 11.7. The molecule has 1 saturated heterocycles. The average molecular weight is 498 g/mol. The summed E-state index contributed by atoms with van der Waals surface area (Å²) in [6.45, 7) is 4.58. The fourth-order valence-corrected chi connectivity index (χ4v) is 4.90. The van der Waals surface area contributed by atoms with Crippen molar-refractivity contribution in [3.8, 4) is 5.75 Å². The molecule has 2 amide bonds. The summed E-state index contributed by atoms with van der Waals surface area (Å²) >= 11 is 1.19. The van der Waals surface area contributed by atoms with Crippen LogP contribution in [0, 0.1) is 0 Å². The number of hydrogen-bond donors (Lipinski definition) is 3. The zero-order chi connectivity index (χ0) is 24.6. The van der Waals surface area contributed by atoms with Gasteiger partial charge in [0.15, 0.2) is 10.8 Å². The van der Waals surface area contributed by atoms with Crippen LogP contribution in [0.1, 0.15) is 36.2 Å². The summed E-state index contributed by atoms with van der Waals surface area (Å²) in [5.74, 6) is -0.0313. The summed E-state index contributed by atoms with van der Waals surface area (Å²) in [5.41, 5.74) is 6.38. The van der Waals surface area contributed by atoms with Crippen molar-refractivity contribution in [2.75, 3.05) is 50.6 Å². The average Bonchev–Trinajstić information content (AvgIpc) is 3.26. The van der Waals surface area contributed by atoms with Gasteiger partial charge in [0, 0.05) is 25.2 Å². The van der Waals surface area contributed by atoms with Crippen molar-refractivity contribution in [1.82, 2.24) is 9.88 Å². The molecule has 186 valence electrons. The Morgan fingerprint density at radius 2 is 1.89 bits per heavy atom. The lowest BCUT2D eigenvalue weighted by Crippen LogP contribution is -2.36. The Kier molecular flexibility index (Phi) is 8.51. The predicted octanol–water partition coefficient (Wildman–Crippen LogP) is 3.98. The summed E-state index contributed by atoms with van der Waals surface area (Å²) in [7, 11) is 1.64. The second kappa shape index (κ2) is 12.0. The Balaban J connectivity index is 1.31. The number of rotatable bonds is 11. The van der Waals surface area contributed by atoms with Gasteiger partial charge in [-0.05, 0) is 54.4 Å². The first-order chi connectivity index (χ1) is 17.0. The number of nitrogens with two attached hydrogens (primary N) is 1. The molecule has 0 aliphatic carbocycles. The molecule has 9 nitrogen and oxygen atoms in total. The minimum absolute atomic E-state index is 0.0590. The zero-order valence-corrected chi connectivity index (χ0v) is 20.7. The number of thiazole rings is 1. The number of unbranched alkanes of at least 4 members (excludes halogenated alkanes) is 2. The molecular formula is C25H31N5O4S. The molecular weight excluding hydrogens is 466 g/mol. The molecule has 35 heavy (non-hydrogen) atoms. The van der Waals surface area contributed by atoms with Crippen molar-refractivity contribution in [2.45, 2.75) is 25.7 Å². The summed E-state index contributed by atoms with van der Waals surface area (Å²) in [4.78, 5) is 31.1. The number of nitrogens with one attached hydrogen (secondary N) is 2. The largest absolute Gasteiger partial charge is 0.497 e. The zero-order valence-electron chi connectivity index (χ0n) is 19.8. The molecule has 4 N–H and O–H groups in total. The number of fused-ring (bicyclic) bond motifs is 1. The fraction of sp³-hybridized carbons (Fsp3) is 0.400. The SMILES string of the molecule is COc1ccc2cc(Nc3nc(C(N)=O)c(NC(=O)CCCCCN4CCOCC4)s3)ccc2c1. The second-order valence-electron chi connectivity index (χ2n) is 8.43. The number of nitrogens with zero attached hydrogens (tertiary/aromatic N) is 2. The summed E-state index contributed by atoms with van der Waals surface area (Å²) in [6.07, 6.45) is 3.19. The molecule has 4 rings (SSSR count). The molecule has 3 aromatic rings. The number of aromatic nitrogens is 1. The number of primary amides is 1. The first-order valence-corrected chi connectivity index (χ1v) is 12.6. The first kappa shape index (κ1) is 24.9. The van der Waals surface area contributed by atoms with E-state index in [9.17, 15) is 9.59 Å². The van der Waals surface area contributed by atoms with Crippen LogP contribution in [0.3, 0.4) is 0 Å². The van der Waals surface area contributed by atoms with Crippen LogP contribution < -0.4 is 21.1 Å². The van der Waals surface area contributed by atoms with Crippen molar-refractivity contribution in [3.05, 3.63) is 42.1 Å². The van der Waals surface area contributed by atoms with Gasteiger partial charge in [-0.3, -0.25) is 14.5 Å². The maximum absolute atomic E-state index is 12.5. The van der Waals surface area contributed by atoms with Crippen LogP contribution in [-0.2, 0) is 9.53 Å². The van der Waals surface area contributed by atoms with Crippen LogP contribution >= 0.6 is 11.3 Å². The molecule has 1 aliphatic heterocycles. The van der Waals surface area contributed by atoms with Crippen LogP contribution in [-0.4, -0.2) is 61.7 Å². The van der Waals surface area contributed by atoms with E-state index < -0.39 is 5.91 Å². The fourth-order valence-electron chi connectivity index (χ4n) is 3.99. The molecule has 2 heterocycles. The highest BCUT2D eigenvalue weighted by Gasteiger charge is 2.18. The standard InChI is InChI=1S/C25H31N5O4S/c1-33-20-9-7-17-15-19(8-6-18(17)16-20)27-25-29-22(23(26)32)24(35-25)28-21(31)5-3-2-4-10-30-11-13-34-14-12-30/h6-9,15-16H,2-5,10-14H2,1H3,(H2,26,32)(H,27,29)(H,28,31).